The van der Waals surface area contributed by atoms with Crippen molar-refractivity contribution in [2.45, 2.75) is 40.2 Å². The van der Waals surface area contributed by atoms with E-state index in [0.29, 0.717) is 6.04 Å². The molecule has 1 N–H and O–H groups in total. The number of ether oxygens (including phenoxy) is 1. The highest BCUT2D eigenvalue weighted by Gasteiger charge is 2.23. The van der Waals surface area contributed by atoms with E-state index in [0.717, 1.165) is 30.9 Å². The third-order valence-electron chi connectivity index (χ3n) is 3.75. The van der Waals surface area contributed by atoms with Gasteiger partial charge in [-0.25, -0.2) is 0 Å². The van der Waals surface area contributed by atoms with Crippen molar-refractivity contribution in [2.24, 2.45) is 5.41 Å². The van der Waals surface area contributed by atoms with Gasteiger partial charge in [0.25, 0.3) is 0 Å². The lowest BCUT2D eigenvalue weighted by atomic mass is 9.84. The summed E-state index contributed by atoms with van der Waals surface area (Å²) >= 11 is 0. The first-order valence-electron chi connectivity index (χ1n) is 7.47. The Hall–Kier alpha value is -1.22. The molecule has 0 saturated carbocycles. The van der Waals surface area contributed by atoms with Gasteiger partial charge < -0.3 is 15.0 Å². The van der Waals surface area contributed by atoms with Crippen LogP contribution in [0.25, 0.3) is 0 Å². The SMILES string of the molecule is CCNC(CCN(C)c1ccccc1OC)C(C)(C)C. The van der Waals surface area contributed by atoms with Crippen LogP contribution in [0, 0.1) is 5.41 Å². The molecule has 0 bridgehead atoms. The third-order valence-corrected chi connectivity index (χ3v) is 3.75. The number of hydrogen-bond acceptors (Lipinski definition) is 3. The standard InChI is InChI=1S/C17H30N2O/c1-7-18-16(17(2,3)4)12-13-19(5)14-10-8-9-11-15(14)20-6/h8-11,16,18H,7,12-13H2,1-6H3. The van der Waals surface area contributed by atoms with E-state index in [9.17, 15) is 0 Å². The Labute approximate surface area is 124 Å². The van der Waals surface area contributed by atoms with Crippen LogP contribution in [0.2, 0.25) is 0 Å². The van der Waals surface area contributed by atoms with Crippen molar-refractivity contribution in [2.75, 3.05) is 32.1 Å². The van der Waals surface area contributed by atoms with Crippen molar-refractivity contribution in [1.82, 2.24) is 5.32 Å². The Bertz CT molecular complexity index is 398. The predicted octanol–water partition coefficient (Wildman–Crippen LogP) is 3.55. The van der Waals surface area contributed by atoms with Gasteiger partial charge in [-0.2, -0.15) is 0 Å². The van der Waals surface area contributed by atoms with E-state index in [4.69, 9.17) is 4.74 Å². The first kappa shape index (κ1) is 16.8. The number of nitrogens with zero attached hydrogens (tertiary/aromatic N) is 1. The molecule has 0 amide bonds. The summed E-state index contributed by atoms with van der Waals surface area (Å²) in [5.74, 6) is 0.936. The van der Waals surface area contributed by atoms with Gasteiger partial charge >= 0.3 is 0 Å². The number of hydrogen-bond donors (Lipinski definition) is 1. The number of rotatable bonds is 7. The lowest BCUT2D eigenvalue weighted by Gasteiger charge is -2.33. The van der Waals surface area contributed by atoms with E-state index in [1.54, 1.807) is 7.11 Å². The van der Waals surface area contributed by atoms with Crippen molar-refractivity contribution in [3.63, 3.8) is 0 Å². The Morgan fingerprint density at radius 2 is 1.90 bits per heavy atom. The molecular formula is C17H30N2O. The van der Waals surface area contributed by atoms with E-state index in [2.05, 4.69) is 57.1 Å². The van der Waals surface area contributed by atoms with Gasteiger partial charge in [0.2, 0.25) is 0 Å². The fourth-order valence-electron chi connectivity index (χ4n) is 2.48. The summed E-state index contributed by atoms with van der Waals surface area (Å²) in [5, 5.41) is 3.60. The maximum atomic E-state index is 5.43. The maximum Gasteiger partial charge on any atom is 0.142 e. The van der Waals surface area contributed by atoms with Crippen molar-refractivity contribution < 1.29 is 4.74 Å². The van der Waals surface area contributed by atoms with Crippen LogP contribution in [0.15, 0.2) is 24.3 Å². The predicted molar refractivity (Wildman–Crippen MR) is 87.8 cm³/mol. The molecule has 0 saturated heterocycles. The largest absolute Gasteiger partial charge is 0.495 e. The molecule has 114 valence electrons. The molecular weight excluding hydrogens is 248 g/mol. The van der Waals surface area contributed by atoms with Crippen LogP contribution in [0.1, 0.15) is 34.1 Å². The van der Waals surface area contributed by atoms with Gasteiger partial charge in [-0.1, -0.05) is 39.8 Å². The summed E-state index contributed by atoms with van der Waals surface area (Å²) in [6, 6.07) is 8.70. The van der Waals surface area contributed by atoms with E-state index in [1.807, 2.05) is 12.1 Å². The molecule has 3 nitrogen and oxygen atoms in total. The highest BCUT2D eigenvalue weighted by Crippen LogP contribution is 2.28. The van der Waals surface area contributed by atoms with Gasteiger partial charge in [0.05, 0.1) is 12.8 Å². The van der Waals surface area contributed by atoms with Crippen molar-refractivity contribution >= 4 is 5.69 Å². The zero-order valence-corrected chi connectivity index (χ0v) is 13.9. The summed E-state index contributed by atoms with van der Waals surface area (Å²) in [7, 11) is 3.85. The van der Waals surface area contributed by atoms with Gasteiger partial charge in [0.1, 0.15) is 5.75 Å². The molecule has 1 rings (SSSR count). The molecule has 20 heavy (non-hydrogen) atoms. The molecule has 1 aromatic carbocycles. The van der Waals surface area contributed by atoms with Gasteiger partial charge in [-0.3, -0.25) is 0 Å². The van der Waals surface area contributed by atoms with E-state index >= 15 is 0 Å². The molecule has 3 heteroatoms. The zero-order valence-electron chi connectivity index (χ0n) is 13.9. The van der Waals surface area contributed by atoms with Crippen LogP contribution in [0.4, 0.5) is 5.69 Å². The Kier molecular flexibility index (Phi) is 6.34. The Morgan fingerprint density at radius 3 is 2.45 bits per heavy atom. The minimum Gasteiger partial charge on any atom is -0.495 e. The van der Waals surface area contributed by atoms with Crippen molar-refractivity contribution in [1.29, 1.82) is 0 Å². The summed E-state index contributed by atoms with van der Waals surface area (Å²) in [4.78, 5) is 2.27. The van der Waals surface area contributed by atoms with E-state index in [1.165, 1.54) is 0 Å². The molecule has 1 atom stereocenters. The van der Waals surface area contributed by atoms with E-state index in [-0.39, 0.29) is 5.41 Å². The van der Waals surface area contributed by atoms with Crippen LogP contribution in [-0.2, 0) is 0 Å². The highest BCUT2D eigenvalue weighted by molar-refractivity contribution is 5.57. The van der Waals surface area contributed by atoms with E-state index < -0.39 is 0 Å². The number of anilines is 1. The molecule has 1 aromatic rings. The van der Waals surface area contributed by atoms with Crippen LogP contribution in [0.3, 0.4) is 0 Å². The van der Waals surface area contributed by atoms with Gasteiger partial charge in [0.15, 0.2) is 0 Å². The second-order valence-electron chi connectivity index (χ2n) is 6.36. The second kappa shape index (κ2) is 7.53. The summed E-state index contributed by atoms with van der Waals surface area (Å²) in [6.45, 7) is 11.1. The quantitative estimate of drug-likeness (QED) is 0.825. The first-order chi connectivity index (χ1) is 9.40. The topological polar surface area (TPSA) is 24.5 Å². The van der Waals surface area contributed by atoms with Gasteiger partial charge in [0, 0.05) is 19.6 Å². The van der Waals surface area contributed by atoms with Gasteiger partial charge in [-0.05, 0) is 30.5 Å². The van der Waals surface area contributed by atoms with Crippen LogP contribution in [0.5, 0.6) is 5.75 Å². The molecule has 0 aliphatic heterocycles. The molecule has 0 heterocycles. The van der Waals surface area contributed by atoms with Crippen LogP contribution < -0.4 is 15.0 Å². The average molecular weight is 278 g/mol. The number of benzene rings is 1. The highest BCUT2D eigenvalue weighted by atomic mass is 16.5. The third kappa shape index (κ3) is 4.71. The van der Waals surface area contributed by atoms with Crippen LogP contribution in [-0.4, -0.2) is 33.3 Å². The molecule has 0 spiro atoms. The van der Waals surface area contributed by atoms with Crippen LogP contribution >= 0.6 is 0 Å². The molecule has 0 aliphatic rings. The minimum absolute atomic E-state index is 0.275. The molecule has 0 radical (unpaired) electrons. The second-order valence-corrected chi connectivity index (χ2v) is 6.36. The summed E-state index contributed by atoms with van der Waals surface area (Å²) in [5.41, 5.74) is 1.43. The summed E-state index contributed by atoms with van der Waals surface area (Å²) < 4.78 is 5.43. The zero-order chi connectivity index (χ0) is 15.2. The minimum atomic E-state index is 0.275. The average Bonchev–Trinajstić information content (AvgIpc) is 2.41. The number of methoxy groups -OCH3 is 1. The molecule has 0 fully saturated rings. The first-order valence-corrected chi connectivity index (χ1v) is 7.47. The molecule has 1 unspecified atom stereocenters. The summed E-state index contributed by atoms with van der Waals surface area (Å²) in [6.07, 6.45) is 1.12. The molecule has 0 aliphatic carbocycles. The monoisotopic (exact) mass is 278 g/mol. The Morgan fingerprint density at radius 1 is 1.25 bits per heavy atom. The maximum absolute atomic E-state index is 5.43. The Balaban J connectivity index is 2.68. The normalized spacial score (nSPS) is 13.1. The van der Waals surface area contributed by atoms with Crippen molar-refractivity contribution in [3.8, 4) is 5.75 Å². The lowest BCUT2D eigenvalue weighted by Crippen LogP contribution is -2.42. The molecule has 0 aromatic heterocycles. The fraction of sp³-hybridized carbons (Fsp3) is 0.647. The lowest BCUT2D eigenvalue weighted by molar-refractivity contribution is 0.260. The number of para-hydroxylation sites is 2. The fourth-order valence-corrected chi connectivity index (χ4v) is 2.48. The van der Waals surface area contributed by atoms with Crippen molar-refractivity contribution in [3.05, 3.63) is 24.3 Å². The van der Waals surface area contributed by atoms with Gasteiger partial charge in [-0.15, -0.1) is 0 Å². The number of nitrogens with one attached hydrogen (secondary N) is 1. The smallest absolute Gasteiger partial charge is 0.142 e.